The molecule has 190 valence electrons. The molecule has 0 saturated carbocycles. The molecular formula is C27H36N2O5S. The molecule has 0 radical (unpaired) electrons. The van der Waals surface area contributed by atoms with Gasteiger partial charge in [0.25, 0.3) is 0 Å². The summed E-state index contributed by atoms with van der Waals surface area (Å²) in [5, 5.41) is 8.40. The number of rotatable bonds is 15. The van der Waals surface area contributed by atoms with Gasteiger partial charge in [-0.1, -0.05) is 39.7 Å². The molecule has 1 atom stereocenters. The van der Waals surface area contributed by atoms with E-state index in [1.807, 2.05) is 24.3 Å². The minimum absolute atomic E-state index is 0.0743. The molecular weight excluding hydrogens is 464 g/mol. The number of carbonyl (C=O) groups excluding carboxylic acids is 1. The lowest BCUT2D eigenvalue weighted by Crippen LogP contribution is -2.07. The summed E-state index contributed by atoms with van der Waals surface area (Å²) in [5.41, 5.74) is 1.64. The summed E-state index contributed by atoms with van der Waals surface area (Å²) in [6.45, 7) is 10.4. The van der Waals surface area contributed by atoms with Crippen LogP contribution in [0.25, 0.3) is 0 Å². The van der Waals surface area contributed by atoms with Crippen LogP contribution in [0.1, 0.15) is 52.9 Å². The normalized spacial score (nSPS) is 12.4. The van der Waals surface area contributed by atoms with Crippen molar-refractivity contribution >= 4 is 27.2 Å². The molecule has 0 aliphatic rings. The molecule has 0 spiro atoms. The molecule has 0 saturated heterocycles. The Hall–Kier alpha value is -3.00. The first kappa shape index (κ1) is 28.2. The second-order valence-electron chi connectivity index (χ2n) is 8.66. The number of benzene rings is 2. The molecule has 0 bridgehead atoms. The monoisotopic (exact) mass is 500 g/mol. The Labute approximate surface area is 209 Å². The van der Waals surface area contributed by atoms with E-state index in [1.54, 1.807) is 31.2 Å². The van der Waals surface area contributed by atoms with E-state index >= 15 is 0 Å². The molecule has 0 aliphatic carbocycles. The first-order chi connectivity index (χ1) is 16.7. The summed E-state index contributed by atoms with van der Waals surface area (Å²) in [7, 11) is -3.36. The van der Waals surface area contributed by atoms with Crippen molar-refractivity contribution < 1.29 is 22.7 Å². The van der Waals surface area contributed by atoms with Gasteiger partial charge in [-0.15, -0.1) is 0 Å². The fourth-order valence-corrected chi connectivity index (χ4v) is 4.33. The second kappa shape index (κ2) is 14.4. The van der Waals surface area contributed by atoms with E-state index < -0.39 is 15.8 Å². The van der Waals surface area contributed by atoms with Gasteiger partial charge in [0.2, 0.25) is 0 Å². The Bertz CT molecular complexity index is 1080. The smallest absolute Gasteiger partial charge is 0.333 e. The van der Waals surface area contributed by atoms with Gasteiger partial charge >= 0.3 is 5.97 Å². The number of carbonyl (C=O) groups is 1. The lowest BCUT2D eigenvalue weighted by molar-refractivity contribution is -0.139. The van der Waals surface area contributed by atoms with Gasteiger partial charge in [-0.05, 0) is 74.2 Å². The third-order valence-corrected chi connectivity index (χ3v) is 7.25. The third-order valence-electron chi connectivity index (χ3n) is 5.43. The molecule has 7 nitrogen and oxygen atoms in total. The van der Waals surface area contributed by atoms with Crippen LogP contribution in [0.15, 0.2) is 75.8 Å². The first-order valence-electron chi connectivity index (χ1n) is 12.0. The highest BCUT2D eigenvalue weighted by atomic mass is 32.2. The topological polar surface area (TPSA) is 94.4 Å². The van der Waals surface area contributed by atoms with Crippen molar-refractivity contribution in [2.75, 3.05) is 19.0 Å². The van der Waals surface area contributed by atoms with Crippen LogP contribution >= 0.6 is 0 Å². The van der Waals surface area contributed by atoms with Crippen molar-refractivity contribution in [2.24, 2.45) is 16.1 Å². The molecule has 0 unspecified atom stereocenters. The van der Waals surface area contributed by atoms with Crippen LogP contribution < -0.4 is 4.74 Å². The van der Waals surface area contributed by atoms with E-state index in [0.29, 0.717) is 48.9 Å². The zero-order chi connectivity index (χ0) is 25.7. The van der Waals surface area contributed by atoms with Gasteiger partial charge in [0, 0.05) is 5.57 Å². The largest absolute Gasteiger partial charge is 0.493 e. The molecule has 2 aromatic rings. The average molecular weight is 501 g/mol. The molecule has 0 amide bonds. The SMILES string of the molecule is C=C(C)C(=O)OCCCCCCS(=O)(=O)c1ccc(N=Nc2ccc(OC[C@H](C)CC)cc2)cc1. The van der Waals surface area contributed by atoms with Gasteiger partial charge < -0.3 is 9.47 Å². The lowest BCUT2D eigenvalue weighted by atomic mass is 10.1. The molecule has 2 aromatic carbocycles. The number of hydrogen-bond acceptors (Lipinski definition) is 7. The predicted octanol–water partition coefficient (Wildman–Crippen LogP) is 6.98. The van der Waals surface area contributed by atoms with Crippen molar-refractivity contribution in [1.82, 2.24) is 0 Å². The summed E-state index contributed by atoms with van der Waals surface area (Å²) < 4.78 is 35.9. The third kappa shape index (κ3) is 10.4. The number of esters is 1. The van der Waals surface area contributed by atoms with Crippen LogP contribution in [0.4, 0.5) is 11.4 Å². The fraction of sp³-hybridized carbons (Fsp3) is 0.444. The number of unbranched alkanes of at least 4 members (excludes halogenated alkanes) is 3. The molecule has 0 N–H and O–H groups in total. The lowest BCUT2D eigenvalue weighted by Gasteiger charge is -2.10. The maximum absolute atomic E-state index is 12.6. The Morgan fingerprint density at radius 3 is 2.09 bits per heavy atom. The van der Waals surface area contributed by atoms with E-state index in [9.17, 15) is 13.2 Å². The summed E-state index contributed by atoms with van der Waals surface area (Å²) in [6.07, 6.45) is 3.87. The minimum atomic E-state index is -3.36. The Morgan fingerprint density at radius 1 is 0.943 bits per heavy atom. The molecule has 0 heterocycles. The molecule has 8 heteroatoms. The van der Waals surface area contributed by atoms with Crippen LogP contribution in [0.5, 0.6) is 5.75 Å². The van der Waals surface area contributed by atoms with Gasteiger partial charge in [-0.2, -0.15) is 10.2 Å². The maximum atomic E-state index is 12.6. The summed E-state index contributed by atoms with van der Waals surface area (Å²) in [4.78, 5) is 11.6. The zero-order valence-electron chi connectivity index (χ0n) is 20.9. The molecule has 0 aromatic heterocycles. The Kier molecular flexibility index (Phi) is 11.6. The minimum Gasteiger partial charge on any atom is -0.493 e. The summed E-state index contributed by atoms with van der Waals surface area (Å²) in [6, 6.07) is 13.8. The second-order valence-corrected chi connectivity index (χ2v) is 10.8. The number of hydrogen-bond donors (Lipinski definition) is 0. The summed E-state index contributed by atoms with van der Waals surface area (Å²) >= 11 is 0. The average Bonchev–Trinajstić information content (AvgIpc) is 2.86. The van der Waals surface area contributed by atoms with Crippen LogP contribution in [0, 0.1) is 5.92 Å². The van der Waals surface area contributed by atoms with E-state index in [4.69, 9.17) is 9.47 Å². The maximum Gasteiger partial charge on any atom is 0.333 e. The standard InChI is InChI=1S/C27H36N2O5S/c1-5-22(4)20-34-25-14-10-23(11-15-25)28-29-24-12-16-26(17-13-24)35(31,32)19-9-7-6-8-18-33-27(30)21(2)3/h10-17,22H,2,5-9,18-20H2,1,3-4H3/t22-/m1/s1. The number of azo groups is 1. The van der Waals surface area contributed by atoms with Gasteiger partial charge in [0.15, 0.2) is 9.84 Å². The van der Waals surface area contributed by atoms with E-state index in [1.165, 1.54) is 0 Å². The van der Waals surface area contributed by atoms with E-state index in [-0.39, 0.29) is 10.6 Å². The Morgan fingerprint density at radius 2 is 1.51 bits per heavy atom. The molecule has 35 heavy (non-hydrogen) atoms. The van der Waals surface area contributed by atoms with Crippen LogP contribution in [-0.4, -0.2) is 33.4 Å². The van der Waals surface area contributed by atoms with Crippen molar-refractivity contribution in [2.45, 2.75) is 57.8 Å². The van der Waals surface area contributed by atoms with E-state index in [0.717, 1.165) is 25.0 Å². The van der Waals surface area contributed by atoms with Gasteiger partial charge in [-0.3, -0.25) is 0 Å². The van der Waals surface area contributed by atoms with Gasteiger partial charge in [0.1, 0.15) is 5.75 Å². The molecule has 2 rings (SSSR count). The fourth-order valence-electron chi connectivity index (χ4n) is 2.95. The quantitative estimate of drug-likeness (QED) is 0.114. The van der Waals surface area contributed by atoms with Crippen LogP contribution in [-0.2, 0) is 19.4 Å². The number of nitrogens with zero attached hydrogens (tertiary/aromatic N) is 2. The highest BCUT2D eigenvalue weighted by molar-refractivity contribution is 7.91. The zero-order valence-corrected chi connectivity index (χ0v) is 21.7. The first-order valence-corrected chi connectivity index (χ1v) is 13.7. The van der Waals surface area contributed by atoms with E-state index in [2.05, 4.69) is 30.7 Å². The van der Waals surface area contributed by atoms with Crippen molar-refractivity contribution in [3.8, 4) is 5.75 Å². The van der Waals surface area contributed by atoms with Crippen LogP contribution in [0.3, 0.4) is 0 Å². The highest BCUT2D eigenvalue weighted by Crippen LogP contribution is 2.23. The summed E-state index contributed by atoms with van der Waals surface area (Å²) in [5.74, 6) is 0.983. The Balaban J connectivity index is 1.77. The molecule has 0 aliphatic heterocycles. The van der Waals surface area contributed by atoms with Crippen molar-refractivity contribution in [3.63, 3.8) is 0 Å². The molecule has 0 fully saturated rings. The van der Waals surface area contributed by atoms with Crippen LogP contribution in [0.2, 0.25) is 0 Å². The number of sulfone groups is 1. The van der Waals surface area contributed by atoms with Crippen molar-refractivity contribution in [1.29, 1.82) is 0 Å². The van der Waals surface area contributed by atoms with Gasteiger partial charge in [-0.25, -0.2) is 13.2 Å². The highest BCUT2D eigenvalue weighted by Gasteiger charge is 2.14. The van der Waals surface area contributed by atoms with Gasteiger partial charge in [0.05, 0.1) is 35.2 Å². The number of ether oxygens (including phenoxy) is 2. The predicted molar refractivity (Wildman–Crippen MR) is 138 cm³/mol. The van der Waals surface area contributed by atoms with Crippen molar-refractivity contribution in [3.05, 3.63) is 60.7 Å².